The van der Waals surface area contributed by atoms with E-state index in [2.05, 4.69) is 63.1 Å². The van der Waals surface area contributed by atoms with Gasteiger partial charge < -0.3 is 19.8 Å². The van der Waals surface area contributed by atoms with Crippen molar-refractivity contribution in [1.29, 1.82) is 0 Å². The van der Waals surface area contributed by atoms with Crippen molar-refractivity contribution < 1.29 is 28.3 Å². The molecule has 1 aliphatic heterocycles. The molecule has 0 saturated carbocycles. The van der Waals surface area contributed by atoms with E-state index in [4.69, 9.17) is 9.16 Å². The van der Waals surface area contributed by atoms with Gasteiger partial charge in [-0.05, 0) is 87.7 Å². The molecule has 1 fully saturated rings. The van der Waals surface area contributed by atoms with E-state index in [0.29, 0.717) is 32.2 Å². The van der Waals surface area contributed by atoms with Crippen molar-refractivity contribution in [2.45, 2.75) is 130 Å². The van der Waals surface area contributed by atoms with Gasteiger partial charge in [0.25, 0.3) is 11.8 Å². The van der Waals surface area contributed by atoms with Gasteiger partial charge in [-0.3, -0.25) is 24.2 Å². The Morgan fingerprint density at radius 1 is 1.08 bits per heavy atom. The summed E-state index contributed by atoms with van der Waals surface area (Å²) in [6.45, 7) is 27.6. The van der Waals surface area contributed by atoms with Crippen molar-refractivity contribution in [2.24, 2.45) is 11.8 Å². The number of hydrogen-bond acceptors (Lipinski definition) is 7. The number of benzene rings is 1. The monoisotopic (exact) mass is 684 g/mol. The molecule has 1 saturated heterocycles. The highest BCUT2D eigenvalue weighted by Gasteiger charge is 2.42. The van der Waals surface area contributed by atoms with Gasteiger partial charge in [-0.15, -0.1) is 6.58 Å². The number of amides is 3. The summed E-state index contributed by atoms with van der Waals surface area (Å²) in [5.41, 5.74) is 4.96. The predicted octanol–water partition coefficient (Wildman–Crippen LogP) is 6.07. The predicted molar refractivity (Wildman–Crippen MR) is 194 cm³/mol. The molecule has 1 aromatic carbocycles. The van der Waals surface area contributed by atoms with Crippen LogP contribution in [-0.4, -0.2) is 67.9 Å². The van der Waals surface area contributed by atoms with Crippen LogP contribution in [0.3, 0.4) is 0 Å². The van der Waals surface area contributed by atoms with E-state index in [-0.39, 0.29) is 34.9 Å². The molecule has 1 aromatic rings. The fraction of sp³-hybridized carbons (Fsp3) is 0.622. The Labute approximate surface area is 289 Å². The number of ether oxygens (including phenoxy) is 1. The van der Waals surface area contributed by atoms with Gasteiger partial charge >= 0.3 is 5.97 Å². The van der Waals surface area contributed by atoms with Crippen molar-refractivity contribution in [2.75, 3.05) is 6.54 Å². The van der Waals surface area contributed by atoms with E-state index in [9.17, 15) is 19.2 Å². The number of carbonyl (C=O) groups excluding carboxylic acids is 4. The molecule has 1 aliphatic rings. The van der Waals surface area contributed by atoms with Crippen LogP contribution in [0.4, 0.5) is 0 Å². The summed E-state index contributed by atoms with van der Waals surface area (Å²) in [6.07, 6.45) is 4.54. The summed E-state index contributed by atoms with van der Waals surface area (Å²) in [7, 11) is -2.20. The highest BCUT2D eigenvalue weighted by Crippen LogP contribution is 2.39. The standard InChI is InChI=1S/C37H60N4O6Si/c1-13-15-21-31(47-48(11,12)37(8,9)10)25(5)36(45)46-32(24(3)4)34(43)39-27(7)35(44)41-22-17-20-30(40-41)33(42)38-26(6)29-19-16-18-28(14-2)23-29/h13-14,16,18-19,23-27,30-32,40H,1-2,15,17,20-22H2,3-12H3,(H,38,42)(H,39,43)/t25-,26-,27+,30+,31-,32+/m1/s1. The molecule has 0 spiro atoms. The SMILES string of the molecule is C=CCC[C@@H](O[Si](C)(C)C(C)(C)C)[C@@H](C)C(=O)O[C@H](C(=O)N[C@@H](C)C(=O)N1CCC[C@@H](C(=O)N[C@H](C)c2cccc(C=C)c2)N1)C(C)C. The second-order valence-corrected chi connectivity index (χ2v) is 19.6. The minimum atomic E-state index is -2.20. The van der Waals surface area contributed by atoms with Gasteiger partial charge in [-0.1, -0.05) is 71.5 Å². The van der Waals surface area contributed by atoms with Gasteiger partial charge in [0.15, 0.2) is 14.4 Å². The number of rotatable bonds is 16. The molecule has 0 aromatic heterocycles. The molecule has 3 amide bonds. The van der Waals surface area contributed by atoms with Crippen LogP contribution < -0.4 is 16.1 Å². The van der Waals surface area contributed by atoms with Crippen LogP contribution >= 0.6 is 0 Å². The summed E-state index contributed by atoms with van der Waals surface area (Å²) in [4.78, 5) is 53.4. The summed E-state index contributed by atoms with van der Waals surface area (Å²) in [5.74, 6) is -2.63. The van der Waals surface area contributed by atoms with Crippen LogP contribution in [0.15, 0.2) is 43.5 Å². The third-order valence-electron chi connectivity index (χ3n) is 9.45. The first-order valence-corrected chi connectivity index (χ1v) is 20.1. The first kappa shape index (κ1) is 40.9. The molecule has 11 heteroatoms. The van der Waals surface area contributed by atoms with E-state index in [1.807, 2.05) is 31.2 Å². The zero-order valence-corrected chi connectivity index (χ0v) is 31.9. The molecule has 0 radical (unpaired) electrons. The normalized spacial score (nSPS) is 18.6. The lowest BCUT2D eigenvalue weighted by atomic mass is 10.00. The summed E-state index contributed by atoms with van der Waals surface area (Å²) < 4.78 is 12.5. The number of nitrogens with zero attached hydrogens (tertiary/aromatic N) is 1. The van der Waals surface area contributed by atoms with Crippen LogP contribution in [0.1, 0.15) is 98.2 Å². The minimum Gasteiger partial charge on any atom is -0.452 e. The quantitative estimate of drug-likeness (QED) is 0.110. The average Bonchev–Trinajstić information content (AvgIpc) is 3.03. The Morgan fingerprint density at radius 2 is 1.75 bits per heavy atom. The number of nitrogens with one attached hydrogen (secondary N) is 3. The van der Waals surface area contributed by atoms with E-state index in [1.54, 1.807) is 39.8 Å². The van der Waals surface area contributed by atoms with E-state index >= 15 is 0 Å². The zero-order chi connectivity index (χ0) is 36.4. The van der Waals surface area contributed by atoms with Crippen LogP contribution in [-0.2, 0) is 28.3 Å². The second kappa shape index (κ2) is 17.9. The highest BCUT2D eigenvalue weighted by atomic mass is 28.4. The Hall–Kier alpha value is -3.28. The summed E-state index contributed by atoms with van der Waals surface area (Å²) in [6, 6.07) is 6.01. The Morgan fingerprint density at radius 3 is 2.33 bits per heavy atom. The third-order valence-corrected chi connectivity index (χ3v) is 14.0. The smallest absolute Gasteiger partial charge is 0.312 e. The maximum atomic E-state index is 13.4. The molecule has 0 bridgehead atoms. The molecule has 3 N–H and O–H groups in total. The first-order valence-electron chi connectivity index (χ1n) is 17.2. The third kappa shape index (κ3) is 11.4. The number of hydrazine groups is 1. The number of esters is 1. The van der Waals surface area contributed by atoms with Crippen LogP contribution in [0.5, 0.6) is 0 Å². The largest absolute Gasteiger partial charge is 0.452 e. The summed E-state index contributed by atoms with van der Waals surface area (Å²) in [5, 5.41) is 7.11. The van der Waals surface area contributed by atoms with E-state index < -0.39 is 44.3 Å². The van der Waals surface area contributed by atoms with Crippen molar-refractivity contribution >= 4 is 38.1 Å². The van der Waals surface area contributed by atoms with Gasteiger partial charge in [-0.2, -0.15) is 0 Å². The molecular formula is C37H60N4O6Si. The van der Waals surface area contributed by atoms with Crippen molar-refractivity contribution in [3.05, 3.63) is 54.6 Å². The first-order chi connectivity index (χ1) is 22.3. The molecule has 1 heterocycles. The molecule has 48 heavy (non-hydrogen) atoms. The lowest BCUT2D eigenvalue weighted by Crippen LogP contribution is -2.61. The van der Waals surface area contributed by atoms with E-state index in [1.165, 1.54) is 5.01 Å². The molecule has 10 nitrogen and oxygen atoms in total. The van der Waals surface area contributed by atoms with Gasteiger partial charge in [0, 0.05) is 6.54 Å². The molecule has 6 atom stereocenters. The van der Waals surface area contributed by atoms with E-state index in [0.717, 1.165) is 11.1 Å². The van der Waals surface area contributed by atoms with Crippen molar-refractivity contribution in [3.8, 4) is 0 Å². The lowest BCUT2D eigenvalue weighted by Gasteiger charge is -2.40. The van der Waals surface area contributed by atoms with Crippen LogP contribution in [0.25, 0.3) is 6.08 Å². The van der Waals surface area contributed by atoms with Gasteiger partial charge in [-0.25, -0.2) is 5.43 Å². The fourth-order valence-electron chi connectivity index (χ4n) is 5.20. The van der Waals surface area contributed by atoms with Crippen LogP contribution in [0.2, 0.25) is 18.1 Å². The van der Waals surface area contributed by atoms with Crippen molar-refractivity contribution in [3.63, 3.8) is 0 Å². The minimum absolute atomic E-state index is 0.0461. The number of carbonyl (C=O) groups is 4. The van der Waals surface area contributed by atoms with Crippen LogP contribution in [0, 0.1) is 11.8 Å². The van der Waals surface area contributed by atoms with Gasteiger partial charge in [0.05, 0.1) is 18.1 Å². The maximum Gasteiger partial charge on any atom is 0.312 e. The summed E-state index contributed by atoms with van der Waals surface area (Å²) >= 11 is 0. The van der Waals surface area contributed by atoms with Crippen molar-refractivity contribution in [1.82, 2.24) is 21.1 Å². The Kier molecular flexibility index (Phi) is 15.3. The zero-order valence-electron chi connectivity index (χ0n) is 30.9. The molecule has 2 rings (SSSR count). The second-order valence-electron chi connectivity index (χ2n) is 14.8. The molecule has 0 unspecified atom stereocenters. The van der Waals surface area contributed by atoms with Gasteiger partial charge in [0.2, 0.25) is 5.91 Å². The average molecular weight is 685 g/mol. The molecular weight excluding hydrogens is 625 g/mol. The number of hydrogen-bond donors (Lipinski definition) is 3. The van der Waals surface area contributed by atoms with Gasteiger partial charge in [0.1, 0.15) is 12.1 Å². The number of allylic oxidation sites excluding steroid dienone is 1. The lowest BCUT2D eigenvalue weighted by molar-refractivity contribution is -0.165. The molecule has 0 aliphatic carbocycles. The Balaban J connectivity index is 2.04. The topological polar surface area (TPSA) is 126 Å². The Bertz CT molecular complexity index is 1290. The fourth-order valence-corrected chi connectivity index (χ4v) is 6.64. The highest BCUT2D eigenvalue weighted by molar-refractivity contribution is 6.74. The maximum absolute atomic E-state index is 13.4. The molecule has 268 valence electrons.